The number of anilines is 1. The zero-order valence-corrected chi connectivity index (χ0v) is 24.3. The highest BCUT2D eigenvalue weighted by Crippen LogP contribution is 2.35. The lowest BCUT2D eigenvalue weighted by molar-refractivity contribution is -0.287. The fraction of sp³-hybridized carbons (Fsp3) is 0.733. The van der Waals surface area contributed by atoms with E-state index in [2.05, 4.69) is 6.92 Å². The van der Waals surface area contributed by atoms with Gasteiger partial charge in [-0.05, 0) is 37.5 Å². The molecule has 4 rings (SSSR count). The summed E-state index contributed by atoms with van der Waals surface area (Å²) in [6.45, 7) is 2.93. The summed E-state index contributed by atoms with van der Waals surface area (Å²) in [5.41, 5.74) is 0.693. The van der Waals surface area contributed by atoms with Gasteiger partial charge in [-0.15, -0.1) is 0 Å². The number of ether oxygens (including phenoxy) is 2. The van der Waals surface area contributed by atoms with E-state index in [1.54, 1.807) is 23.1 Å². The van der Waals surface area contributed by atoms with Gasteiger partial charge in [-0.25, -0.2) is 0 Å². The van der Waals surface area contributed by atoms with Crippen LogP contribution in [0.15, 0.2) is 18.2 Å². The van der Waals surface area contributed by atoms with E-state index in [1.807, 2.05) is 0 Å². The molecule has 0 aliphatic carbocycles. The van der Waals surface area contributed by atoms with Crippen molar-refractivity contribution in [1.82, 2.24) is 4.90 Å². The third kappa shape index (κ3) is 7.36. The summed E-state index contributed by atoms with van der Waals surface area (Å²) >= 11 is 6.19. The summed E-state index contributed by atoms with van der Waals surface area (Å²) in [5, 5.41) is 32.5. The molecule has 2 amide bonds. The molecule has 0 aromatic heterocycles. The Hall–Kier alpha value is -1.75. The Morgan fingerprint density at radius 3 is 2.35 bits per heavy atom. The van der Waals surface area contributed by atoms with Gasteiger partial charge in [-0.2, -0.15) is 0 Å². The first kappa shape index (κ1) is 31.2. The number of fused-ring (bicyclic) bond motifs is 2. The Labute approximate surface area is 242 Å². The maximum Gasteiger partial charge on any atom is 0.256 e. The molecule has 9 nitrogen and oxygen atoms in total. The molecule has 0 spiro atoms. The number of carbonyl (C=O) groups excluding carboxylic acids is 2. The van der Waals surface area contributed by atoms with Gasteiger partial charge in [-0.1, -0.05) is 76.3 Å². The zero-order valence-electron chi connectivity index (χ0n) is 23.5. The van der Waals surface area contributed by atoms with Gasteiger partial charge < -0.3 is 34.6 Å². The molecule has 3 N–H and O–H groups in total. The first-order valence-corrected chi connectivity index (χ1v) is 15.4. The van der Waals surface area contributed by atoms with Gasteiger partial charge in [-0.3, -0.25) is 9.59 Å². The molecule has 3 aliphatic rings. The number of nitrogens with zero attached hydrogens (tertiary/aromatic N) is 2. The van der Waals surface area contributed by atoms with Crippen molar-refractivity contribution in [3.63, 3.8) is 0 Å². The predicted molar refractivity (Wildman–Crippen MR) is 152 cm³/mol. The molecule has 0 bridgehead atoms. The fourth-order valence-electron chi connectivity index (χ4n) is 6.08. The molecule has 10 heteroatoms. The Morgan fingerprint density at radius 2 is 1.65 bits per heavy atom. The molecule has 3 aliphatic heterocycles. The lowest BCUT2D eigenvalue weighted by atomic mass is 9.97. The molecular formula is C30H45ClN2O7. The van der Waals surface area contributed by atoms with E-state index >= 15 is 0 Å². The number of halogens is 1. The summed E-state index contributed by atoms with van der Waals surface area (Å²) in [5.74, 6) is -0.528. The van der Waals surface area contributed by atoms with Gasteiger partial charge >= 0.3 is 0 Å². The lowest BCUT2D eigenvalue weighted by Crippen LogP contribution is -2.61. The second-order valence-corrected chi connectivity index (χ2v) is 11.8. The summed E-state index contributed by atoms with van der Waals surface area (Å²) in [6.07, 6.45) is 6.64. The van der Waals surface area contributed by atoms with E-state index in [9.17, 15) is 24.9 Å². The molecule has 6 atom stereocenters. The first-order chi connectivity index (χ1) is 19.3. The van der Waals surface area contributed by atoms with Crippen LogP contribution in [0.5, 0.6) is 0 Å². The minimum Gasteiger partial charge on any atom is -0.388 e. The van der Waals surface area contributed by atoms with Crippen LogP contribution in [0.2, 0.25) is 5.02 Å². The average molecular weight is 581 g/mol. The van der Waals surface area contributed by atoms with Crippen LogP contribution < -0.4 is 4.90 Å². The van der Waals surface area contributed by atoms with Gasteiger partial charge in [0.05, 0.1) is 17.8 Å². The number of aliphatic hydroxyl groups excluding tert-OH is 3. The van der Waals surface area contributed by atoms with Crippen LogP contribution >= 0.6 is 11.6 Å². The minimum absolute atomic E-state index is 0.117. The molecular weight excluding hydrogens is 536 g/mol. The molecule has 2 saturated heterocycles. The minimum atomic E-state index is -1.58. The van der Waals surface area contributed by atoms with Crippen LogP contribution in [0.3, 0.4) is 0 Å². The van der Waals surface area contributed by atoms with Gasteiger partial charge in [0.25, 0.3) is 5.91 Å². The Morgan fingerprint density at radius 1 is 0.975 bits per heavy atom. The van der Waals surface area contributed by atoms with E-state index in [-0.39, 0.29) is 18.4 Å². The third-order valence-corrected chi connectivity index (χ3v) is 8.61. The van der Waals surface area contributed by atoms with Gasteiger partial charge in [0.1, 0.15) is 30.5 Å². The number of hydrogen-bond acceptors (Lipinski definition) is 7. The van der Waals surface area contributed by atoms with Gasteiger partial charge in [0.2, 0.25) is 5.91 Å². The van der Waals surface area contributed by atoms with Crippen LogP contribution in [0.25, 0.3) is 0 Å². The molecule has 224 valence electrons. The van der Waals surface area contributed by atoms with Crippen molar-refractivity contribution in [2.45, 2.75) is 121 Å². The number of amides is 2. The third-order valence-electron chi connectivity index (χ3n) is 8.38. The summed E-state index contributed by atoms with van der Waals surface area (Å²) < 4.78 is 11.4. The Balaban J connectivity index is 1.34. The summed E-state index contributed by atoms with van der Waals surface area (Å²) in [6, 6.07) is 4.17. The summed E-state index contributed by atoms with van der Waals surface area (Å²) in [7, 11) is 0. The van der Waals surface area contributed by atoms with Crippen LogP contribution in [-0.4, -0.2) is 88.5 Å². The zero-order chi connectivity index (χ0) is 28.6. The number of unbranched alkanes of at least 4 members (excludes halogenated alkanes) is 9. The maximum absolute atomic E-state index is 13.6. The van der Waals surface area contributed by atoms with E-state index < -0.39 is 36.7 Å². The van der Waals surface area contributed by atoms with Gasteiger partial charge in [0, 0.05) is 18.2 Å². The van der Waals surface area contributed by atoms with Gasteiger partial charge in [0.15, 0.2) is 6.29 Å². The van der Waals surface area contributed by atoms with E-state index in [4.69, 9.17) is 21.1 Å². The molecule has 40 heavy (non-hydrogen) atoms. The molecule has 1 aromatic rings. The maximum atomic E-state index is 13.6. The van der Waals surface area contributed by atoms with Crippen molar-refractivity contribution in [3.05, 3.63) is 28.8 Å². The van der Waals surface area contributed by atoms with E-state index in [0.717, 1.165) is 19.3 Å². The van der Waals surface area contributed by atoms with Crippen LogP contribution in [0.1, 0.15) is 94.3 Å². The van der Waals surface area contributed by atoms with Crippen LogP contribution in [-0.2, 0) is 14.3 Å². The SMILES string of the molecule is CCCCCCCCCCCCO[C@H]1[C@H](O)[C@@H](CN2C(=O)C3CCCN3C(=O)c3cc(Cl)ccc32)OC(O)[C@@H]1O. The highest BCUT2D eigenvalue weighted by Gasteiger charge is 2.48. The lowest BCUT2D eigenvalue weighted by Gasteiger charge is -2.42. The Bertz CT molecular complexity index is 995. The smallest absolute Gasteiger partial charge is 0.256 e. The normalized spacial score (nSPS) is 28.5. The molecule has 3 heterocycles. The fourth-order valence-corrected chi connectivity index (χ4v) is 6.25. The van der Waals surface area contributed by atoms with Crippen LogP contribution in [0.4, 0.5) is 5.69 Å². The van der Waals surface area contributed by atoms with Crippen molar-refractivity contribution in [3.8, 4) is 0 Å². The second kappa shape index (κ2) is 14.9. The highest BCUT2D eigenvalue weighted by molar-refractivity contribution is 6.31. The van der Waals surface area contributed by atoms with Crippen molar-refractivity contribution < 1.29 is 34.4 Å². The standard InChI is InChI=1S/C30H45ClN2O7/c1-2-3-4-5-6-7-8-9-10-11-17-39-27-25(34)24(40-30(38)26(27)35)19-33-22-15-14-20(31)18-21(22)28(36)32-16-12-13-23(32)29(33)37/h14-15,18,23-27,30,34-35,38H,2-13,16-17,19H2,1H3/t23?,24-,25-,26-,27+,30?/m1/s1. The molecule has 1 aromatic carbocycles. The second-order valence-electron chi connectivity index (χ2n) is 11.3. The van der Waals surface area contributed by atoms with E-state index in [0.29, 0.717) is 42.3 Å². The highest BCUT2D eigenvalue weighted by atomic mass is 35.5. The quantitative estimate of drug-likeness (QED) is 0.284. The number of benzene rings is 1. The monoisotopic (exact) mass is 580 g/mol. The Kier molecular flexibility index (Phi) is 11.6. The molecule has 2 unspecified atom stereocenters. The number of rotatable bonds is 14. The molecule has 2 fully saturated rings. The average Bonchev–Trinajstić information content (AvgIpc) is 3.41. The number of hydrogen-bond donors (Lipinski definition) is 3. The van der Waals surface area contributed by atoms with Crippen molar-refractivity contribution in [2.24, 2.45) is 0 Å². The largest absolute Gasteiger partial charge is 0.388 e. The van der Waals surface area contributed by atoms with Crippen molar-refractivity contribution in [2.75, 3.05) is 24.6 Å². The number of carbonyl (C=O) groups is 2. The first-order valence-electron chi connectivity index (χ1n) is 15.1. The van der Waals surface area contributed by atoms with Crippen molar-refractivity contribution >= 4 is 29.1 Å². The molecule has 0 saturated carbocycles. The number of aliphatic hydroxyl groups is 3. The molecule has 0 radical (unpaired) electrons. The van der Waals surface area contributed by atoms with E-state index in [1.165, 1.54) is 49.8 Å². The predicted octanol–water partition coefficient (Wildman–Crippen LogP) is 4.04. The van der Waals surface area contributed by atoms with Crippen molar-refractivity contribution in [1.29, 1.82) is 0 Å². The van der Waals surface area contributed by atoms with Crippen LogP contribution in [0, 0.1) is 0 Å². The topological polar surface area (TPSA) is 120 Å². The summed E-state index contributed by atoms with van der Waals surface area (Å²) in [4.78, 5) is 29.9.